The lowest BCUT2D eigenvalue weighted by molar-refractivity contribution is 0.0388. The van der Waals surface area contributed by atoms with Gasteiger partial charge in [-0.15, -0.1) is 0 Å². The number of hydrogen-bond donors (Lipinski definition) is 1. The van der Waals surface area contributed by atoms with Crippen molar-refractivity contribution >= 4 is 27.6 Å². The minimum atomic E-state index is -4.30. The summed E-state index contributed by atoms with van der Waals surface area (Å²) in [6, 6.07) is 1.43. The van der Waals surface area contributed by atoms with E-state index in [4.69, 9.17) is 21.5 Å². The first-order valence-electron chi connectivity index (χ1n) is 4.95. The number of hydrogen-bond acceptors (Lipinski definition) is 5. The van der Waals surface area contributed by atoms with Crippen molar-refractivity contribution in [1.29, 1.82) is 0 Å². The lowest BCUT2D eigenvalue weighted by Gasteiger charge is -2.08. The van der Waals surface area contributed by atoms with Crippen LogP contribution in [-0.4, -0.2) is 34.7 Å². The SMILES string of the molecule is COCCOC(=O)c1cc(S(N)(=O)=O)c(F)cc1Cl. The molecule has 1 aromatic rings. The predicted molar refractivity (Wildman–Crippen MR) is 64.9 cm³/mol. The van der Waals surface area contributed by atoms with E-state index in [0.29, 0.717) is 6.07 Å². The number of benzene rings is 1. The van der Waals surface area contributed by atoms with E-state index >= 15 is 0 Å². The van der Waals surface area contributed by atoms with Crippen molar-refractivity contribution in [2.75, 3.05) is 20.3 Å². The largest absolute Gasteiger partial charge is 0.460 e. The summed E-state index contributed by atoms with van der Waals surface area (Å²) in [5.41, 5.74) is -0.289. The fourth-order valence-electron chi connectivity index (χ4n) is 1.20. The molecular weight excluding hydrogens is 301 g/mol. The van der Waals surface area contributed by atoms with Gasteiger partial charge in [0, 0.05) is 7.11 Å². The molecule has 0 aliphatic heterocycles. The lowest BCUT2D eigenvalue weighted by Crippen LogP contribution is -2.16. The van der Waals surface area contributed by atoms with Gasteiger partial charge in [-0.25, -0.2) is 22.7 Å². The molecule has 19 heavy (non-hydrogen) atoms. The van der Waals surface area contributed by atoms with Gasteiger partial charge < -0.3 is 9.47 Å². The van der Waals surface area contributed by atoms with E-state index in [-0.39, 0.29) is 23.8 Å². The molecule has 0 aliphatic carbocycles. The maximum atomic E-state index is 13.4. The molecule has 1 rings (SSSR count). The first-order valence-corrected chi connectivity index (χ1v) is 6.87. The third-order valence-corrected chi connectivity index (χ3v) is 3.31. The minimum absolute atomic E-state index is 0.0479. The highest BCUT2D eigenvalue weighted by atomic mass is 35.5. The van der Waals surface area contributed by atoms with E-state index in [0.717, 1.165) is 6.07 Å². The predicted octanol–water partition coefficient (Wildman–Crippen LogP) is 0.930. The van der Waals surface area contributed by atoms with Gasteiger partial charge in [0.15, 0.2) is 0 Å². The number of nitrogens with two attached hydrogens (primary N) is 1. The zero-order valence-corrected chi connectivity index (χ0v) is 11.4. The Kier molecular flexibility index (Phi) is 5.24. The quantitative estimate of drug-likeness (QED) is 0.644. The van der Waals surface area contributed by atoms with Crippen molar-refractivity contribution in [3.63, 3.8) is 0 Å². The van der Waals surface area contributed by atoms with Crippen LogP contribution < -0.4 is 5.14 Å². The van der Waals surface area contributed by atoms with Gasteiger partial charge in [0.05, 0.1) is 17.2 Å². The normalized spacial score (nSPS) is 11.4. The van der Waals surface area contributed by atoms with E-state index in [1.165, 1.54) is 7.11 Å². The van der Waals surface area contributed by atoms with Crippen molar-refractivity contribution in [3.05, 3.63) is 28.5 Å². The van der Waals surface area contributed by atoms with E-state index in [9.17, 15) is 17.6 Å². The standard InChI is InChI=1S/C10H11ClFNO5S/c1-17-2-3-18-10(14)6-4-9(19(13,15)16)8(12)5-7(6)11/h4-5H,2-3H2,1H3,(H2,13,15,16). The van der Waals surface area contributed by atoms with Crippen molar-refractivity contribution in [1.82, 2.24) is 0 Å². The van der Waals surface area contributed by atoms with Gasteiger partial charge >= 0.3 is 5.97 Å². The second-order valence-corrected chi connectivity index (χ2v) is 5.37. The fourth-order valence-corrected chi connectivity index (χ4v) is 2.04. The number of primary sulfonamides is 1. The highest BCUT2D eigenvalue weighted by Gasteiger charge is 2.21. The average Bonchev–Trinajstić information content (AvgIpc) is 2.27. The fraction of sp³-hybridized carbons (Fsp3) is 0.300. The molecule has 1 aromatic carbocycles. The van der Waals surface area contributed by atoms with Gasteiger partial charge in [-0.1, -0.05) is 11.6 Å². The third-order valence-electron chi connectivity index (χ3n) is 2.07. The molecule has 0 spiro atoms. The molecule has 0 amide bonds. The zero-order valence-electron chi connectivity index (χ0n) is 9.85. The molecule has 6 nitrogen and oxygen atoms in total. The van der Waals surface area contributed by atoms with Crippen molar-refractivity contribution in [3.8, 4) is 0 Å². The molecule has 0 aliphatic rings. The van der Waals surface area contributed by atoms with E-state index in [2.05, 4.69) is 4.74 Å². The number of esters is 1. The van der Waals surface area contributed by atoms with Gasteiger partial charge in [0.25, 0.3) is 0 Å². The van der Waals surface area contributed by atoms with Crippen LogP contribution in [0.15, 0.2) is 17.0 Å². The molecule has 0 aromatic heterocycles. The van der Waals surface area contributed by atoms with E-state index < -0.39 is 26.7 Å². The Hall–Kier alpha value is -1.22. The van der Waals surface area contributed by atoms with E-state index in [1.807, 2.05) is 0 Å². The Morgan fingerprint density at radius 2 is 2.05 bits per heavy atom. The molecule has 2 N–H and O–H groups in total. The molecule has 106 valence electrons. The van der Waals surface area contributed by atoms with Crippen LogP contribution in [0.5, 0.6) is 0 Å². The lowest BCUT2D eigenvalue weighted by atomic mass is 10.2. The van der Waals surface area contributed by atoms with Gasteiger partial charge in [-0.3, -0.25) is 0 Å². The van der Waals surface area contributed by atoms with Crippen LogP contribution in [0.3, 0.4) is 0 Å². The molecule has 0 heterocycles. The average molecular weight is 312 g/mol. The molecular formula is C10H11ClFNO5S. The van der Waals surface area contributed by atoms with Crippen LogP contribution in [0.2, 0.25) is 5.02 Å². The number of carbonyl (C=O) groups is 1. The van der Waals surface area contributed by atoms with Gasteiger partial charge in [0.1, 0.15) is 17.3 Å². The Bertz CT molecular complexity index is 590. The number of halogens is 2. The molecule has 0 atom stereocenters. The van der Waals surface area contributed by atoms with Gasteiger partial charge in [-0.05, 0) is 12.1 Å². The summed E-state index contributed by atoms with van der Waals surface area (Å²) in [7, 11) is -2.88. The smallest absolute Gasteiger partial charge is 0.339 e. The Labute approximate surface area is 114 Å². The maximum absolute atomic E-state index is 13.4. The molecule has 0 bridgehead atoms. The van der Waals surface area contributed by atoms with Crippen LogP contribution in [0.4, 0.5) is 4.39 Å². The second kappa shape index (κ2) is 6.29. The molecule has 9 heteroatoms. The summed E-state index contributed by atoms with van der Waals surface area (Å²) >= 11 is 5.65. The molecule has 0 radical (unpaired) electrons. The number of rotatable bonds is 5. The monoisotopic (exact) mass is 311 g/mol. The van der Waals surface area contributed by atoms with Crippen molar-refractivity contribution in [2.24, 2.45) is 5.14 Å². The second-order valence-electron chi connectivity index (χ2n) is 3.44. The van der Waals surface area contributed by atoms with Crippen LogP contribution in [-0.2, 0) is 19.5 Å². The summed E-state index contributed by atoms with van der Waals surface area (Å²) in [4.78, 5) is 10.8. The van der Waals surface area contributed by atoms with E-state index in [1.54, 1.807) is 0 Å². The summed E-state index contributed by atoms with van der Waals surface area (Å²) in [5, 5.41) is 4.54. The first-order chi connectivity index (χ1) is 8.77. The summed E-state index contributed by atoms with van der Waals surface area (Å²) in [6.07, 6.45) is 0. The van der Waals surface area contributed by atoms with Crippen LogP contribution in [0.25, 0.3) is 0 Å². The van der Waals surface area contributed by atoms with Crippen LogP contribution in [0.1, 0.15) is 10.4 Å². The van der Waals surface area contributed by atoms with Gasteiger partial charge in [0.2, 0.25) is 10.0 Å². The molecule has 0 saturated carbocycles. The molecule has 0 saturated heterocycles. The third kappa shape index (κ3) is 4.13. The minimum Gasteiger partial charge on any atom is -0.460 e. The Morgan fingerprint density at radius 1 is 1.42 bits per heavy atom. The maximum Gasteiger partial charge on any atom is 0.339 e. The highest BCUT2D eigenvalue weighted by Crippen LogP contribution is 2.24. The highest BCUT2D eigenvalue weighted by molar-refractivity contribution is 7.89. The summed E-state index contributed by atoms with van der Waals surface area (Å²) in [6.45, 7) is 0.111. The number of methoxy groups -OCH3 is 1. The molecule has 0 fully saturated rings. The number of carbonyl (C=O) groups excluding carboxylic acids is 1. The van der Waals surface area contributed by atoms with Crippen molar-refractivity contribution < 1.29 is 27.1 Å². The van der Waals surface area contributed by atoms with Crippen LogP contribution >= 0.6 is 11.6 Å². The summed E-state index contributed by atoms with van der Waals surface area (Å²) < 4.78 is 45.0. The summed E-state index contributed by atoms with van der Waals surface area (Å²) in [5.74, 6) is -2.03. The van der Waals surface area contributed by atoms with Crippen LogP contribution in [0, 0.1) is 5.82 Å². The zero-order chi connectivity index (χ0) is 14.6. The first kappa shape index (κ1) is 15.8. The number of ether oxygens (including phenoxy) is 2. The Balaban J connectivity index is 3.11. The van der Waals surface area contributed by atoms with Gasteiger partial charge in [-0.2, -0.15) is 0 Å². The topological polar surface area (TPSA) is 95.7 Å². The Morgan fingerprint density at radius 3 is 2.58 bits per heavy atom. The van der Waals surface area contributed by atoms with Crippen molar-refractivity contribution in [2.45, 2.75) is 4.90 Å². The molecule has 0 unspecified atom stereocenters. The number of sulfonamides is 1.